The van der Waals surface area contributed by atoms with Crippen molar-refractivity contribution in [1.82, 2.24) is 5.43 Å². The summed E-state index contributed by atoms with van der Waals surface area (Å²) in [4.78, 5) is 11.9. The Morgan fingerprint density at radius 1 is 1.17 bits per heavy atom. The molecule has 0 bridgehead atoms. The molecule has 0 radical (unpaired) electrons. The fourth-order valence-electron chi connectivity index (χ4n) is 1.75. The highest BCUT2D eigenvalue weighted by Gasteiger charge is 2.04. The maximum absolute atomic E-state index is 11.9. The van der Waals surface area contributed by atoms with Gasteiger partial charge >= 0.3 is 0 Å². The predicted molar refractivity (Wildman–Crippen MR) is 102 cm³/mol. The zero-order valence-corrected chi connectivity index (χ0v) is 16.2. The smallest absolute Gasteiger partial charge is 0.259 e. The summed E-state index contributed by atoms with van der Waals surface area (Å²) >= 11 is 12.6. The first-order chi connectivity index (χ1) is 11.0. The number of carbonyl (C=O) groups is 1. The van der Waals surface area contributed by atoms with E-state index in [1.807, 2.05) is 31.2 Å². The third-order valence-electron chi connectivity index (χ3n) is 2.98. The van der Waals surface area contributed by atoms with Crippen LogP contribution in [0.2, 0.25) is 5.02 Å². The Hall–Kier alpha value is -1.37. The number of nitrogens with zero attached hydrogens (tertiary/aromatic N) is 1. The highest BCUT2D eigenvalue weighted by Crippen LogP contribution is 2.25. The number of hydrogen-bond donors (Lipinski definition) is 2. The van der Waals surface area contributed by atoms with E-state index in [0.29, 0.717) is 5.02 Å². The Bertz CT molecular complexity index is 733. The molecule has 0 saturated heterocycles. The van der Waals surface area contributed by atoms with Crippen LogP contribution < -0.4 is 10.7 Å². The first-order valence-electron chi connectivity index (χ1n) is 6.73. The lowest BCUT2D eigenvalue weighted by molar-refractivity contribution is -0.119. The SMILES string of the molecule is C/C(=N\NC(=O)CNc1ccc(Cl)cc1Br)c1ccc(Br)cc1. The van der Waals surface area contributed by atoms with Gasteiger partial charge in [-0.05, 0) is 58.7 Å². The van der Waals surface area contributed by atoms with Crippen LogP contribution in [-0.4, -0.2) is 18.2 Å². The number of anilines is 1. The number of carbonyl (C=O) groups excluding carboxylic acids is 1. The predicted octanol–water partition coefficient (Wildman–Crippen LogP) is 4.82. The Kier molecular flexibility index (Phi) is 6.62. The van der Waals surface area contributed by atoms with Crippen LogP contribution in [0.25, 0.3) is 0 Å². The molecule has 2 N–H and O–H groups in total. The van der Waals surface area contributed by atoms with E-state index in [1.165, 1.54) is 0 Å². The first-order valence-corrected chi connectivity index (χ1v) is 8.70. The maximum atomic E-state index is 11.9. The van der Waals surface area contributed by atoms with E-state index < -0.39 is 0 Å². The molecule has 2 aromatic carbocycles. The van der Waals surface area contributed by atoms with E-state index in [-0.39, 0.29) is 12.5 Å². The van der Waals surface area contributed by atoms with Crippen molar-refractivity contribution in [2.45, 2.75) is 6.92 Å². The van der Waals surface area contributed by atoms with Crippen LogP contribution in [0.15, 0.2) is 56.5 Å². The van der Waals surface area contributed by atoms with E-state index in [1.54, 1.807) is 18.2 Å². The molecule has 4 nitrogen and oxygen atoms in total. The minimum absolute atomic E-state index is 0.108. The summed E-state index contributed by atoms with van der Waals surface area (Å²) in [6.07, 6.45) is 0. The molecule has 0 atom stereocenters. The lowest BCUT2D eigenvalue weighted by Crippen LogP contribution is -2.26. The van der Waals surface area contributed by atoms with Crippen molar-refractivity contribution in [3.05, 3.63) is 62.0 Å². The number of nitrogens with one attached hydrogen (secondary N) is 2. The van der Waals surface area contributed by atoms with Gasteiger partial charge in [0, 0.05) is 19.7 Å². The number of rotatable bonds is 5. The first kappa shape index (κ1) is 18.0. The lowest BCUT2D eigenvalue weighted by Gasteiger charge is -2.08. The van der Waals surface area contributed by atoms with Crippen LogP contribution in [0.5, 0.6) is 0 Å². The van der Waals surface area contributed by atoms with E-state index in [2.05, 4.69) is 47.7 Å². The summed E-state index contributed by atoms with van der Waals surface area (Å²) in [5.74, 6) is -0.233. The highest BCUT2D eigenvalue weighted by molar-refractivity contribution is 9.10. The Morgan fingerprint density at radius 3 is 2.52 bits per heavy atom. The maximum Gasteiger partial charge on any atom is 0.259 e. The topological polar surface area (TPSA) is 53.5 Å². The summed E-state index contributed by atoms with van der Waals surface area (Å²) in [5.41, 5.74) is 5.00. The van der Waals surface area contributed by atoms with Crippen molar-refractivity contribution < 1.29 is 4.79 Å². The van der Waals surface area contributed by atoms with Crippen molar-refractivity contribution in [3.63, 3.8) is 0 Å². The minimum atomic E-state index is -0.233. The summed E-state index contributed by atoms with van der Waals surface area (Å²) < 4.78 is 1.79. The average molecular weight is 460 g/mol. The molecule has 2 aromatic rings. The quantitative estimate of drug-likeness (QED) is 0.498. The molecule has 0 aliphatic rings. The molecule has 23 heavy (non-hydrogen) atoms. The number of amides is 1. The second-order valence-corrected chi connectivity index (χ2v) is 6.92. The average Bonchev–Trinajstić information content (AvgIpc) is 2.52. The van der Waals surface area contributed by atoms with E-state index >= 15 is 0 Å². The molecule has 1 amide bonds. The number of hydrazone groups is 1. The molecular formula is C16H14Br2ClN3O. The Morgan fingerprint density at radius 2 is 1.87 bits per heavy atom. The second kappa shape index (κ2) is 8.47. The zero-order chi connectivity index (χ0) is 16.8. The number of hydrogen-bond acceptors (Lipinski definition) is 3. The van der Waals surface area contributed by atoms with Crippen LogP contribution in [0.4, 0.5) is 5.69 Å². The fourth-order valence-corrected chi connectivity index (χ4v) is 2.84. The lowest BCUT2D eigenvalue weighted by atomic mass is 10.1. The summed E-state index contributed by atoms with van der Waals surface area (Å²) in [7, 11) is 0. The number of halogens is 3. The minimum Gasteiger partial charge on any atom is -0.375 e. The van der Waals surface area contributed by atoms with Crippen molar-refractivity contribution in [1.29, 1.82) is 0 Å². The molecule has 0 spiro atoms. The van der Waals surface area contributed by atoms with Gasteiger partial charge in [0.25, 0.3) is 5.91 Å². The van der Waals surface area contributed by atoms with Crippen LogP contribution >= 0.6 is 43.5 Å². The van der Waals surface area contributed by atoms with Crippen molar-refractivity contribution in [3.8, 4) is 0 Å². The van der Waals surface area contributed by atoms with Gasteiger partial charge in [0.1, 0.15) is 0 Å². The molecule has 0 unspecified atom stereocenters. The van der Waals surface area contributed by atoms with Gasteiger partial charge in [0.2, 0.25) is 0 Å². The standard InChI is InChI=1S/C16H14Br2ClN3O/c1-10(11-2-4-12(17)5-3-11)21-22-16(23)9-20-15-7-6-13(19)8-14(15)18/h2-8,20H,9H2,1H3,(H,22,23)/b21-10+. The molecule has 0 aromatic heterocycles. The molecule has 7 heteroatoms. The van der Waals surface area contributed by atoms with Gasteiger partial charge in [-0.1, -0.05) is 39.7 Å². The normalized spacial score (nSPS) is 11.2. The van der Waals surface area contributed by atoms with Gasteiger partial charge in [0.05, 0.1) is 12.3 Å². The van der Waals surface area contributed by atoms with Crippen LogP contribution in [-0.2, 0) is 4.79 Å². The van der Waals surface area contributed by atoms with Crippen LogP contribution in [0, 0.1) is 0 Å². The molecule has 0 aliphatic heterocycles. The van der Waals surface area contributed by atoms with Gasteiger partial charge in [0.15, 0.2) is 0 Å². The van der Waals surface area contributed by atoms with Gasteiger partial charge in [-0.3, -0.25) is 4.79 Å². The third-order valence-corrected chi connectivity index (χ3v) is 4.40. The van der Waals surface area contributed by atoms with E-state index in [4.69, 9.17) is 11.6 Å². The molecule has 0 heterocycles. The molecule has 2 rings (SSSR count). The number of benzene rings is 2. The van der Waals surface area contributed by atoms with Crippen LogP contribution in [0.1, 0.15) is 12.5 Å². The molecule has 0 aliphatic carbocycles. The van der Waals surface area contributed by atoms with Crippen molar-refractivity contribution >= 4 is 60.8 Å². The van der Waals surface area contributed by atoms with Crippen LogP contribution in [0.3, 0.4) is 0 Å². The second-order valence-electron chi connectivity index (χ2n) is 4.72. The summed E-state index contributed by atoms with van der Waals surface area (Å²) in [5, 5.41) is 7.75. The monoisotopic (exact) mass is 457 g/mol. The van der Waals surface area contributed by atoms with Crippen molar-refractivity contribution in [2.24, 2.45) is 5.10 Å². The zero-order valence-electron chi connectivity index (χ0n) is 12.2. The molecule has 0 fully saturated rings. The fraction of sp³-hybridized carbons (Fsp3) is 0.125. The van der Waals surface area contributed by atoms with E-state index in [0.717, 1.165) is 25.9 Å². The third kappa shape index (κ3) is 5.64. The molecular weight excluding hydrogens is 445 g/mol. The Balaban J connectivity index is 1.89. The molecule has 120 valence electrons. The van der Waals surface area contributed by atoms with Gasteiger partial charge in [-0.15, -0.1) is 0 Å². The largest absolute Gasteiger partial charge is 0.375 e. The molecule has 0 saturated carbocycles. The van der Waals surface area contributed by atoms with E-state index in [9.17, 15) is 4.79 Å². The summed E-state index contributed by atoms with van der Waals surface area (Å²) in [6.45, 7) is 1.95. The highest BCUT2D eigenvalue weighted by atomic mass is 79.9. The van der Waals surface area contributed by atoms with Gasteiger partial charge in [-0.2, -0.15) is 5.10 Å². The van der Waals surface area contributed by atoms with Crippen molar-refractivity contribution in [2.75, 3.05) is 11.9 Å². The Labute approximate surface area is 156 Å². The summed E-state index contributed by atoms with van der Waals surface area (Å²) in [6, 6.07) is 13.0. The van der Waals surface area contributed by atoms with Gasteiger partial charge in [-0.25, -0.2) is 5.43 Å². The van der Waals surface area contributed by atoms with Gasteiger partial charge < -0.3 is 5.32 Å².